The first kappa shape index (κ1) is 24.3. The number of amides is 2. The fraction of sp³-hybridized carbons (Fsp3) is 0.667. The fourth-order valence-corrected chi connectivity index (χ4v) is 5.90. The molecule has 1 aromatic carbocycles. The largest absolute Gasteiger partial charge is 0.369 e. The SMILES string of the molecule is CC(C)CC(NC(=O)c1ccc(N2CCN(C3CCC3)CC2)cc1)C(=O)N1CC[C@H]2OCC(=O)[C@H]21. The van der Waals surface area contributed by atoms with Crippen molar-refractivity contribution < 1.29 is 19.1 Å². The Morgan fingerprint density at radius 1 is 1.03 bits per heavy atom. The number of rotatable bonds is 7. The summed E-state index contributed by atoms with van der Waals surface area (Å²) >= 11 is 0. The van der Waals surface area contributed by atoms with Gasteiger partial charge in [0.25, 0.3) is 5.91 Å². The average molecular weight is 483 g/mol. The van der Waals surface area contributed by atoms with Gasteiger partial charge in [-0.2, -0.15) is 0 Å². The van der Waals surface area contributed by atoms with Gasteiger partial charge in [-0.1, -0.05) is 20.3 Å². The molecule has 0 aromatic heterocycles. The van der Waals surface area contributed by atoms with Crippen LogP contribution in [0.3, 0.4) is 0 Å². The summed E-state index contributed by atoms with van der Waals surface area (Å²) < 4.78 is 5.53. The van der Waals surface area contributed by atoms with Gasteiger partial charge in [0.1, 0.15) is 18.7 Å². The lowest BCUT2D eigenvalue weighted by molar-refractivity contribution is -0.138. The van der Waals surface area contributed by atoms with E-state index in [4.69, 9.17) is 4.74 Å². The minimum Gasteiger partial charge on any atom is -0.369 e. The number of ether oxygens (including phenoxy) is 1. The Balaban J connectivity index is 1.20. The van der Waals surface area contributed by atoms with Gasteiger partial charge in [-0.25, -0.2) is 0 Å². The number of benzene rings is 1. The van der Waals surface area contributed by atoms with Crippen LogP contribution in [0.2, 0.25) is 0 Å². The van der Waals surface area contributed by atoms with Crippen molar-refractivity contribution in [2.24, 2.45) is 5.92 Å². The number of carbonyl (C=O) groups excluding carboxylic acids is 3. The summed E-state index contributed by atoms with van der Waals surface area (Å²) in [5, 5.41) is 2.96. The number of piperazine rings is 1. The summed E-state index contributed by atoms with van der Waals surface area (Å²) in [4.78, 5) is 45.4. The van der Waals surface area contributed by atoms with Crippen molar-refractivity contribution in [1.29, 1.82) is 0 Å². The van der Waals surface area contributed by atoms with Crippen LogP contribution in [0.15, 0.2) is 24.3 Å². The molecule has 4 fully saturated rings. The van der Waals surface area contributed by atoms with Crippen molar-refractivity contribution in [1.82, 2.24) is 15.1 Å². The van der Waals surface area contributed by atoms with Crippen molar-refractivity contribution in [3.05, 3.63) is 29.8 Å². The number of Topliss-reactive ketones (excluding diaryl/α,β-unsaturated/α-hetero) is 1. The molecule has 0 spiro atoms. The van der Waals surface area contributed by atoms with E-state index in [0.717, 1.165) is 37.9 Å². The van der Waals surface area contributed by atoms with Gasteiger partial charge < -0.3 is 19.9 Å². The lowest BCUT2D eigenvalue weighted by atomic mass is 9.91. The molecule has 3 heterocycles. The fourth-order valence-electron chi connectivity index (χ4n) is 5.90. The Morgan fingerprint density at radius 3 is 2.37 bits per heavy atom. The number of carbonyl (C=O) groups is 3. The van der Waals surface area contributed by atoms with Gasteiger partial charge >= 0.3 is 0 Å². The Kier molecular flexibility index (Phi) is 7.12. The van der Waals surface area contributed by atoms with Crippen molar-refractivity contribution >= 4 is 23.3 Å². The molecular formula is C27H38N4O4. The lowest BCUT2D eigenvalue weighted by Crippen LogP contribution is -2.52. The molecule has 8 nitrogen and oxygen atoms in total. The smallest absolute Gasteiger partial charge is 0.251 e. The van der Waals surface area contributed by atoms with Crippen molar-refractivity contribution in [2.75, 3.05) is 44.2 Å². The molecule has 5 rings (SSSR count). The van der Waals surface area contributed by atoms with Gasteiger partial charge in [0.2, 0.25) is 5.91 Å². The highest BCUT2D eigenvalue weighted by Crippen LogP contribution is 2.29. The zero-order chi connectivity index (χ0) is 24.5. The molecular weight excluding hydrogens is 444 g/mol. The topological polar surface area (TPSA) is 82.2 Å². The summed E-state index contributed by atoms with van der Waals surface area (Å²) in [5.41, 5.74) is 1.68. The van der Waals surface area contributed by atoms with Gasteiger partial charge in [0.15, 0.2) is 5.78 Å². The number of hydrogen-bond donors (Lipinski definition) is 1. The molecule has 0 radical (unpaired) electrons. The Bertz CT molecular complexity index is 937. The average Bonchev–Trinajstić information content (AvgIpc) is 3.40. The summed E-state index contributed by atoms with van der Waals surface area (Å²) in [6, 6.07) is 7.34. The standard InChI is InChI=1S/C27H38N4O4/c1-18(2)16-22(27(34)31-11-10-24-25(31)23(32)17-35-24)28-26(33)19-6-8-21(9-7-19)30-14-12-29(13-15-30)20-4-3-5-20/h6-9,18,20,22,24-25H,3-5,10-17H2,1-2H3,(H,28,33)/t22?,24-,25-/m1/s1. The van der Waals surface area contributed by atoms with E-state index in [-0.39, 0.29) is 36.2 Å². The number of fused-ring (bicyclic) bond motifs is 1. The van der Waals surface area contributed by atoms with Crippen LogP contribution in [0.25, 0.3) is 0 Å². The predicted octanol–water partition coefficient (Wildman–Crippen LogP) is 2.07. The third kappa shape index (κ3) is 5.09. The van der Waals surface area contributed by atoms with Crippen molar-refractivity contribution in [3.8, 4) is 0 Å². The number of nitrogens with one attached hydrogen (secondary N) is 1. The Morgan fingerprint density at radius 2 is 1.74 bits per heavy atom. The quantitative estimate of drug-likeness (QED) is 0.641. The van der Waals surface area contributed by atoms with Crippen LogP contribution < -0.4 is 10.2 Å². The summed E-state index contributed by atoms with van der Waals surface area (Å²) in [6.45, 7) is 8.83. The highest BCUT2D eigenvalue weighted by Gasteiger charge is 2.48. The van der Waals surface area contributed by atoms with Gasteiger partial charge in [0, 0.05) is 50.0 Å². The highest BCUT2D eigenvalue weighted by atomic mass is 16.5. The first-order valence-corrected chi connectivity index (χ1v) is 13.3. The molecule has 35 heavy (non-hydrogen) atoms. The maximum absolute atomic E-state index is 13.4. The second-order valence-corrected chi connectivity index (χ2v) is 10.9. The number of hydrogen-bond acceptors (Lipinski definition) is 6. The van der Waals surface area contributed by atoms with E-state index < -0.39 is 12.1 Å². The molecule has 1 saturated carbocycles. The normalized spacial score (nSPS) is 26.1. The molecule has 1 unspecified atom stereocenters. The summed E-state index contributed by atoms with van der Waals surface area (Å²) in [6.07, 6.45) is 5.03. The van der Waals surface area contributed by atoms with Crippen LogP contribution in [-0.4, -0.2) is 91.0 Å². The zero-order valence-corrected chi connectivity index (χ0v) is 20.9. The van der Waals surface area contributed by atoms with Crippen LogP contribution in [0.1, 0.15) is 56.3 Å². The van der Waals surface area contributed by atoms with E-state index in [2.05, 4.69) is 15.1 Å². The van der Waals surface area contributed by atoms with Crippen LogP contribution >= 0.6 is 0 Å². The molecule has 1 N–H and O–H groups in total. The summed E-state index contributed by atoms with van der Waals surface area (Å²) in [5.74, 6) is -0.256. The van der Waals surface area contributed by atoms with Gasteiger partial charge in [0.05, 0.1) is 6.10 Å². The number of ketones is 1. The molecule has 190 valence electrons. The Labute approximate surface area is 207 Å². The van der Waals surface area contributed by atoms with E-state index in [9.17, 15) is 14.4 Å². The van der Waals surface area contributed by atoms with Crippen LogP contribution in [0.5, 0.6) is 0 Å². The third-order valence-corrected chi connectivity index (χ3v) is 8.11. The van der Waals surface area contributed by atoms with Crippen LogP contribution in [0, 0.1) is 5.92 Å². The predicted molar refractivity (Wildman–Crippen MR) is 133 cm³/mol. The van der Waals surface area contributed by atoms with E-state index in [1.165, 1.54) is 19.3 Å². The van der Waals surface area contributed by atoms with Gasteiger partial charge in [-0.3, -0.25) is 19.3 Å². The summed E-state index contributed by atoms with van der Waals surface area (Å²) in [7, 11) is 0. The molecule has 3 saturated heterocycles. The van der Waals surface area contributed by atoms with Crippen LogP contribution in [-0.2, 0) is 14.3 Å². The minimum atomic E-state index is -0.658. The van der Waals surface area contributed by atoms with Gasteiger partial charge in [-0.15, -0.1) is 0 Å². The minimum absolute atomic E-state index is 0.0421. The molecule has 8 heteroatoms. The number of anilines is 1. The van der Waals surface area contributed by atoms with E-state index in [1.54, 1.807) is 4.90 Å². The lowest BCUT2D eigenvalue weighted by Gasteiger charge is -2.43. The molecule has 2 amide bonds. The monoisotopic (exact) mass is 482 g/mol. The van der Waals surface area contributed by atoms with E-state index in [1.807, 2.05) is 38.1 Å². The number of likely N-dealkylation sites (tertiary alicyclic amines) is 1. The molecule has 0 bridgehead atoms. The zero-order valence-electron chi connectivity index (χ0n) is 20.9. The first-order chi connectivity index (χ1) is 16.9. The first-order valence-electron chi connectivity index (χ1n) is 13.3. The second-order valence-electron chi connectivity index (χ2n) is 10.9. The van der Waals surface area contributed by atoms with Crippen LogP contribution in [0.4, 0.5) is 5.69 Å². The maximum atomic E-state index is 13.4. The van der Waals surface area contributed by atoms with E-state index >= 15 is 0 Å². The molecule has 1 aliphatic carbocycles. The third-order valence-electron chi connectivity index (χ3n) is 8.11. The number of nitrogens with zero attached hydrogens (tertiary/aromatic N) is 3. The van der Waals surface area contributed by atoms with Gasteiger partial charge in [-0.05, 0) is 55.9 Å². The maximum Gasteiger partial charge on any atom is 0.251 e. The van der Waals surface area contributed by atoms with Crippen molar-refractivity contribution in [2.45, 2.75) is 70.2 Å². The molecule has 1 aromatic rings. The van der Waals surface area contributed by atoms with Crippen molar-refractivity contribution in [3.63, 3.8) is 0 Å². The second kappa shape index (κ2) is 10.3. The Hall–Kier alpha value is -2.45. The highest BCUT2D eigenvalue weighted by molar-refractivity contribution is 5.99. The van der Waals surface area contributed by atoms with E-state index in [0.29, 0.717) is 24.9 Å². The molecule has 3 atom stereocenters. The molecule has 4 aliphatic rings. The molecule has 3 aliphatic heterocycles.